The second-order valence-corrected chi connectivity index (χ2v) is 6.16. The van der Waals surface area contributed by atoms with Crippen LogP contribution in [0.5, 0.6) is 11.5 Å². The highest BCUT2D eigenvalue weighted by molar-refractivity contribution is 6.33. The van der Waals surface area contributed by atoms with Crippen molar-refractivity contribution >= 4 is 22.7 Å². The third kappa shape index (κ3) is 2.42. The second kappa shape index (κ2) is 5.53. The molecular weight excluding hydrogens is 338 g/mol. The molecule has 1 aliphatic heterocycles. The van der Waals surface area contributed by atoms with E-state index in [1.807, 2.05) is 60.7 Å². The van der Waals surface area contributed by atoms with Gasteiger partial charge in [0.2, 0.25) is 12.7 Å². The number of hydrogen-bond acceptors (Lipinski definition) is 4. The highest BCUT2D eigenvalue weighted by Crippen LogP contribution is 2.37. The molecule has 0 spiro atoms. The third-order valence-corrected chi connectivity index (χ3v) is 4.53. The summed E-state index contributed by atoms with van der Waals surface area (Å²) >= 11 is 6.24. The topological polar surface area (TPSA) is 44.5 Å². The van der Waals surface area contributed by atoms with Gasteiger partial charge < -0.3 is 13.9 Å². The van der Waals surface area contributed by atoms with E-state index in [-0.39, 0.29) is 6.79 Å². The fraction of sp³-hybridized carbons (Fsp3) is 0.0500. The zero-order valence-electron chi connectivity index (χ0n) is 13.0. The lowest BCUT2D eigenvalue weighted by Gasteiger charge is -2.03. The Morgan fingerprint density at radius 3 is 2.56 bits per heavy atom. The second-order valence-electron chi connectivity index (χ2n) is 5.75. The maximum atomic E-state index is 6.24. The van der Waals surface area contributed by atoms with E-state index in [4.69, 9.17) is 25.5 Å². The zero-order valence-corrected chi connectivity index (χ0v) is 13.8. The maximum absolute atomic E-state index is 6.24. The largest absolute Gasteiger partial charge is 0.454 e. The molecule has 5 heteroatoms. The van der Waals surface area contributed by atoms with E-state index in [0.29, 0.717) is 16.5 Å². The Morgan fingerprint density at radius 1 is 0.840 bits per heavy atom. The number of aromatic nitrogens is 1. The molecule has 0 atom stereocenters. The number of benzene rings is 3. The number of fused-ring (bicyclic) bond motifs is 2. The lowest BCUT2D eigenvalue weighted by atomic mass is 10.0. The first-order valence-corrected chi connectivity index (χ1v) is 8.21. The summed E-state index contributed by atoms with van der Waals surface area (Å²) in [4.78, 5) is 4.54. The van der Waals surface area contributed by atoms with Crippen LogP contribution < -0.4 is 9.47 Å². The summed E-state index contributed by atoms with van der Waals surface area (Å²) in [5.74, 6) is 2.04. The van der Waals surface area contributed by atoms with Crippen LogP contribution in [0.25, 0.3) is 33.7 Å². The van der Waals surface area contributed by atoms with Crippen molar-refractivity contribution in [3.63, 3.8) is 0 Å². The van der Waals surface area contributed by atoms with Crippen molar-refractivity contribution in [3.05, 3.63) is 65.7 Å². The monoisotopic (exact) mass is 349 g/mol. The third-order valence-electron chi connectivity index (χ3n) is 4.20. The Hall–Kier alpha value is -2.98. The molecule has 25 heavy (non-hydrogen) atoms. The molecule has 4 aromatic rings. The van der Waals surface area contributed by atoms with E-state index in [2.05, 4.69) is 4.98 Å². The van der Waals surface area contributed by atoms with Crippen molar-refractivity contribution < 1.29 is 13.9 Å². The first-order chi connectivity index (χ1) is 12.3. The molecule has 1 aliphatic rings. The van der Waals surface area contributed by atoms with Crippen LogP contribution >= 0.6 is 11.6 Å². The van der Waals surface area contributed by atoms with Crippen molar-refractivity contribution in [2.45, 2.75) is 0 Å². The van der Waals surface area contributed by atoms with Gasteiger partial charge in [-0.1, -0.05) is 35.9 Å². The van der Waals surface area contributed by atoms with E-state index in [9.17, 15) is 0 Å². The molecule has 3 aromatic carbocycles. The van der Waals surface area contributed by atoms with Crippen LogP contribution in [0.3, 0.4) is 0 Å². The summed E-state index contributed by atoms with van der Waals surface area (Å²) in [6.45, 7) is 0.265. The summed E-state index contributed by atoms with van der Waals surface area (Å²) in [6.07, 6.45) is 0. The number of nitrogens with zero attached hydrogens (tertiary/aromatic N) is 1. The van der Waals surface area contributed by atoms with Crippen molar-refractivity contribution in [1.29, 1.82) is 0 Å². The van der Waals surface area contributed by atoms with Gasteiger partial charge in [-0.3, -0.25) is 0 Å². The summed E-state index contributed by atoms with van der Waals surface area (Å²) in [5.41, 5.74) is 4.34. The fourth-order valence-corrected chi connectivity index (χ4v) is 3.15. The predicted molar refractivity (Wildman–Crippen MR) is 96.0 cm³/mol. The van der Waals surface area contributed by atoms with E-state index >= 15 is 0 Å². The standard InChI is InChI=1S/C20H12ClNO3/c21-15-4-2-1-3-14(15)20-22-16-7-5-12(9-18(16)25-20)13-6-8-17-19(10-13)24-11-23-17/h1-10H,11H2. The number of oxazole rings is 1. The molecule has 0 radical (unpaired) electrons. The SMILES string of the molecule is Clc1ccccc1-c1nc2ccc(-c3ccc4c(c3)OCO4)cc2o1. The van der Waals surface area contributed by atoms with Gasteiger partial charge in [0.15, 0.2) is 17.1 Å². The molecule has 0 N–H and O–H groups in total. The van der Waals surface area contributed by atoms with Gasteiger partial charge in [-0.2, -0.15) is 0 Å². The van der Waals surface area contributed by atoms with Crippen LogP contribution in [0.1, 0.15) is 0 Å². The first kappa shape index (κ1) is 14.4. The van der Waals surface area contributed by atoms with E-state index in [0.717, 1.165) is 33.7 Å². The minimum atomic E-state index is 0.265. The number of rotatable bonds is 2. The molecule has 0 bridgehead atoms. The van der Waals surface area contributed by atoms with Gasteiger partial charge in [0.1, 0.15) is 5.52 Å². The Labute approximate surface area is 148 Å². The molecule has 0 saturated heterocycles. The summed E-state index contributed by atoms with van der Waals surface area (Å²) in [5, 5.41) is 0.616. The quantitative estimate of drug-likeness (QED) is 0.476. The molecule has 1 aromatic heterocycles. The van der Waals surface area contributed by atoms with Gasteiger partial charge in [0, 0.05) is 0 Å². The van der Waals surface area contributed by atoms with Gasteiger partial charge in [-0.05, 0) is 47.5 Å². The van der Waals surface area contributed by atoms with Gasteiger partial charge in [0.25, 0.3) is 0 Å². The summed E-state index contributed by atoms with van der Waals surface area (Å²) in [6, 6.07) is 19.3. The lowest BCUT2D eigenvalue weighted by Crippen LogP contribution is -1.92. The Balaban J connectivity index is 1.59. The Morgan fingerprint density at radius 2 is 1.64 bits per heavy atom. The smallest absolute Gasteiger partial charge is 0.231 e. The van der Waals surface area contributed by atoms with Crippen LogP contribution in [0.4, 0.5) is 0 Å². The molecule has 0 amide bonds. The minimum Gasteiger partial charge on any atom is -0.454 e. The molecule has 0 aliphatic carbocycles. The molecule has 0 saturated carbocycles. The van der Waals surface area contributed by atoms with Crippen LogP contribution in [-0.4, -0.2) is 11.8 Å². The first-order valence-electron chi connectivity index (χ1n) is 7.83. The van der Waals surface area contributed by atoms with Gasteiger partial charge >= 0.3 is 0 Å². The number of ether oxygens (including phenoxy) is 2. The van der Waals surface area contributed by atoms with Crippen molar-refractivity contribution in [2.24, 2.45) is 0 Å². The highest BCUT2D eigenvalue weighted by atomic mass is 35.5. The van der Waals surface area contributed by atoms with Crippen LogP contribution in [0.2, 0.25) is 5.02 Å². The molecule has 0 unspecified atom stereocenters. The molecule has 5 rings (SSSR count). The highest BCUT2D eigenvalue weighted by Gasteiger charge is 2.15. The van der Waals surface area contributed by atoms with Gasteiger partial charge in [-0.25, -0.2) is 4.98 Å². The van der Waals surface area contributed by atoms with E-state index in [1.54, 1.807) is 0 Å². The van der Waals surface area contributed by atoms with Crippen LogP contribution in [0, 0.1) is 0 Å². The van der Waals surface area contributed by atoms with Crippen molar-refractivity contribution in [1.82, 2.24) is 4.98 Å². The Bertz CT molecular complexity index is 1100. The normalized spacial score (nSPS) is 12.7. The number of halogens is 1. The van der Waals surface area contributed by atoms with Crippen molar-refractivity contribution in [3.8, 4) is 34.1 Å². The molecule has 4 nitrogen and oxygen atoms in total. The summed E-state index contributed by atoms with van der Waals surface area (Å²) < 4.78 is 16.7. The van der Waals surface area contributed by atoms with Crippen LogP contribution in [-0.2, 0) is 0 Å². The maximum Gasteiger partial charge on any atom is 0.231 e. The number of hydrogen-bond donors (Lipinski definition) is 0. The van der Waals surface area contributed by atoms with E-state index in [1.165, 1.54) is 0 Å². The molecule has 2 heterocycles. The zero-order chi connectivity index (χ0) is 16.8. The molecular formula is C20H12ClNO3. The molecule has 0 fully saturated rings. The average molecular weight is 350 g/mol. The average Bonchev–Trinajstić information content (AvgIpc) is 3.27. The summed E-state index contributed by atoms with van der Waals surface area (Å²) in [7, 11) is 0. The lowest BCUT2D eigenvalue weighted by molar-refractivity contribution is 0.174. The fourth-order valence-electron chi connectivity index (χ4n) is 2.93. The van der Waals surface area contributed by atoms with Crippen molar-refractivity contribution in [2.75, 3.05) is 6.79 Å². The van der Waals surface area contributed by atoms with Gasteiger partial charge in [-0.15, -0.1) is 0 Å². The predicted octanol–water partition coefficient (Wildman–Crippen LogP) is 5.54. The Kier molecular flexibility index (Phi) is 3.18. The van der Waals surface area contributed by atoms with Crippen LogP contribution in [0.15, 0.2) is 65.1 Å². The molecule has 122 valence electrons. The minimum absolute atomic E-state index is 0.265. The van der Waals surface area contributed by atoms with Gasteiger partial charge in [0.05, 0.1) is 10.6 Å². The van der Waals surface area contributed by atoms with E-state index < -0.39 is 0 Å².